The summed E-state index contributed by atoms with van der Waals surface area (Å²) >= 11 is 0. The molecule has 1 saturated carbocycles. The van der Waals surface area contributed by atoms with Crippen LogP contribution in [0.25, 0.3) is 0 Å². The lowest BCUT2D eigenvalue weighted by molar-refractivity contribution is -0.138. The quantitative estimate of drug-likeness (QED) is 0.707. The maximum absolute atomic E-state index is 10.8. The summed E-state index contributed by atoms with van der Waals surface area (Å²) in [5, 5.41) is 8.90. The van der Waals surface area contributed by atoms with Gasteiger partial charge in [-0.2, -0.15) is 0 Å². The molecular formula is C13H20O2. The lowest BCUT2D eigenvalue weighted by Gasteiger charge is -2.39. The third kappa shape index (κ3) is 2.42. The molecule has 0 saturated heterocycles. The molecule has 2 aliphatic carbocycles. The Bertz CT molecular complexity index is 280. The zero-order valence-electron chi connectivity index (χ0n) is 9.41. The lowest BCUT2D eigenvalue weighted by atomic mass is 9.66. The van der Waals surface area contributed by atoms with Crippen LogP contribution < -0.4 is 0 Å². The van der Waals surface area contributed by atoms with E-state index in [4.69, 9.17) is 5.11 Å². The second-order valence-electron chi connectivity index (χ2n) is 5.18. The molecule has 2 aliphatic rings. The maximum atomic E-state index is 10.8. The van der Waals surface area contributed by atoms with Crippen molar-refractivity contribution in [2.75, 3.05) is 0 Å². The first-order chi connectivity index (χ1) is 7.16. The first-order valence-corrected chi connectivity index (χ1v) is 6.06. The number of carboxylic acid groups (broad SMARTS) is 1. The Kier molecular flexibility index (Phi) is 3.13. The molecule has 2 heteroatoms. The summed E-state index contributed by atoms with van der Waals surface area (Å²) < 4.78 is 0. The van der Waals surface area contributed by atoms with Crippen LogP contribution in [0.1, 0.15) is 45.4 Å². The Morgan fingerprint density at radius 3 is 3.00 bits per heavy atom. The number of hydrogen-bond donors (Lipinski definition) is 1. The van der Waals surface area contributed by atoms with Gasteiger partial charge in [0.2, 0.25) is 0 Å². The third-order valence-electron chi connectivity index (χ3n) is 4.06. The monoisotopic (exact) mass is 208 g/mol. The van der Waals surface area contributed by atoms with Crippen LogP contribution in [0.15, 0.2) is 11.6 Å². The Morgan fingerprint density at radius 2 is 2.27 bits per heavy atom. The van der Waals surface area contributed by atoms with E-state index >= 15 is 0 Å². The van der Waals surface area contributed by atoms with Gasteiger partial charge in [0.1, 0.15) is 0 Å². The van der Waals surface area contributed by atoms with Gasteiger partial charge in [-0.05, 0) is 50.4 Å². The maximum Gasteiger partial charge on any atom is 0.303 e. The predicted molar refractivity (Wildman–Crippen MR) is 59.6 cm³/mol. The van der Waals surface area contributed by atoms with E-state index in [-0.39, 0.29) is 0 Å². The standard InChI is InChI=1S/C13H20O2/c1-9-5-6-10-3-2-4-11(8-13(14)15)12(10)7-9/h7,10-12H,2-6,8H2,1H3,(H,14,15)/t10-,11+,12-/m1/s1. The zero-order chi connectivity index (χ0) is 10.8. The van der Waals surface area contributed by atoms with Gasteiger partial charge in [0.15, 0.2) is 0 Å². The normalized spacial score (nSPS) is 35.5. The number of rotatable bonds is 2. The van der Waals surface area contributed by atoms with Crippen LogP contribution in [0.3, 0.4) is 0 Å². The fourth-order valence-corrected chi connectivity index (χ4v) is 3.31. The average molecular weight is 208 g/mol. The molecule has 1 N–H and O–H groups in total. The van der Waals surface area contributed by atoms with Crippen LogP contribution in [-0.2, 0) is 4.79 Å². The molecule has 1 fully saturated rings. The number of allylic oxidation sites excluding steroid dienone is 2. The van der Waals surface area contributed by atoms with Crippen molar-refractivity contribution in [1.82, 2.24) is 0 Å². The fraction of sp³-hybridized carbons (Fsp3) is 0.769. The van der Waals surface area contributed by atoms with E-state index < -0.39 is 5.97 Å². The Morgan fingerprint density at radius 1 is 1.47 bits per heavy atom. The van der Waals surface area contributed by atoms with E-state index in [2.05, 4.69) is 13.0 Å². The van der Waals surface area contributed by atoms with E-state index in [0.717, 1.165) is 12.3 Å². The van der Waals surface area contributed by atoms with Crippen molar-refractivity contribution >= 4 is 5.97 Å². The molecule has 15 heavy (non-hydrogen) atoms. The average Bonchev–Trinajstić information content (AvgIpc) is 2.18. The van der Waals surface area contributed by atoms with E-state index in [1.54, 1.807) is 0 Å². The third-order valence-corrected chi connectivity index (χ3v) is 4.06. The molecular weight excluding hydrogens is 188 g/mol. The number of carbonyl (C=O) groups is 1. The number of carboxylic acids is 1. The Labute approximate surface area is 91.4 Å². The van der Waals surface area contributed by atoms with Crippen LogP contribution in [0.4, 0.5) is 0 Å². The van der Waals surface area contributed by atoms with Gasteiger partial charge in [0.25, 0.3) is 0 Å². The topological polar surface area (TPSA) is 37.3 Å². The van der Waals surface area contributed by atoms with Crippen LogP contribution in [0.5, 0.6) is 0 Å². The highest BCUT2D eigenvalue weighted by Crippen LogP contribution is 2.43. The van der Waals surface area contributed by atoms with Gasteiger partial charge in [0.05, 0.1) is 0 Å². The van der Waals surface area contributed by atoms with Gasteiger partial charge in [-0.1, -0.05) is 18.1 Å². The van der Waals surface area contributed by atoms with Gasteiger partial charge in [0, 0.05) is 6.42 Å². The fourth-order valence-electron chi connectivity index (χ4n) is 3.31. The molecule has 0 aromatic carbocycles. The minimum atomic E-state index is -0.628. The highest BCUT2D eigenvalue weighted by atomic mass is 16.4. The summed E-state index contributed by atoms with van der Waals surface area (Å²) in [5.41, 5.74) is 1.47. The van der Waals surface area contributed by atoms with E-state index in [1.807, 2.05) is 0 Å². The Balaban J connectivity index is 2.10. The van der Waals surface area contributed by atoms with Crippen molar-refractivity contribution in [1.29, 1.82) is 0 Å². The summed E-state index contributed by atoms with van der Waals surface area (Å²) in [6, 6.07) is 0. The number of aliphatic carboxylic acids is 1. The predicted octanol–water partition coefficient (Wildman–Crippen LogP) is 3.23. The van der Waals surface area contributed by atoms with E-state index in [1.165, 1.54) is 31.3 Å². The largest absolute Gasteiger partial charge is 0.481 e. The molecule has 0 aliphatic heterocycles. The van der Waals surface area contributed by atoms with Gasteiger partial charge in [-0.3, -0.25) is 4.79 Å². The molecule has 3 atom stereocenters. The van der Waals surface area contributed by atoms with Gasteiger partial charge < -0.3 is 5.11 Å². The summed E-state index contributed by atoms with van der Waals surface area (Å²) in [6.45, 7) is 2.18. The van der Waals surface area contributed by atoms with Gasteiger partial charge in [-0.25, -0.2) is 0 Å². The number of hydrogen-bond acceptors (Lipinski definition) is 1. The minimum absolute atomic E-state index is 0.366. The van der Waals surface area contributed by atoms with Crippen LogP contribution in [0.2, 0.25) is 0 Å². The molecule has 0 spiro atoms. The second-order valence-corrected chi connectivity index (χ2v) is 5.18. The van der Waals surface area contributed by atoms with Gasteiger partial charge in [-0.15, -0.1) is 0 Å². The first-order valence-electron chi connectivity index (χ1n) is 6.06. The van der Waals surface area contributed by atoms with Crippen molar-refractivity contribution in [2.24, 2.45) is 17.8 Å². The highest BCUT2D eigenvalue weighted by Gasteiger charge is 2.34. The zero-order valence-corrected chi connectivity index (χ0v) is 9.41. The molecule has 84 valence electrons. The molecule has 0 aromatic rings. The smallest absolute Gasteiger partial charge is 0.303 e. The molecule has 0 unspecified atom stereocenters. The summed E-state index contributed by atoms with van der Waals surface area (Å²) in [7, 11) is 0. The van der Waals surface area contributed by atoms with Crippen LogP contribution >= 0.6 is 0 Å². The molecule has 2 nitrogen and oxygen atoms in total. The Hall–Kier alpha value is -0.790. The van der Waals surface area contributed by atoms with Gasteiger partial charge >= 0.3 is 5.97 Å². The first kappa shape index (κ1) is 10.7. The summed E-state index contributed by atoms with van der Waals surface area (Å²) in [4.78, 5) is 10.8. The van der Waals surface area contributed by atoms with Crippen LogP contribution in [0, 0.1) is 17.8 Å². The highest BCUT2D eigenvalue weighted by molar-refractivity contribution is 5.67. The molecule has 0 heterocycles. The van der Waals surface area contributed by atoms with Crippen LogP contribution in [-0.4, -0.2) is 11.1 Å². The van der Waals surface area contributed by atoms with Crippen molar-refractivity contribution in [3.63, 3.8) is 0 Å². The van der Waals surface area contributed by atoms with Crippen molar-refractivity contribution in [3.05, 3.63) is 11.6 Å². The molecule has 2 rings (SSSR count). The van der Waals surface area contributed by atoms with Crippen molar-refractivity contribution in [3.8, 4) is 0 Å². The SMILES string of the molecule is CC1=C[C@@H]2[C@H](CCC[C@H]2CC(=O)O)CC1. The van der Waals surface area contributed by atoms with E-state index in [9.17, 15) is 4.79 Å². The van der Waals surface area contributed by atoms with E-state index in [0.29, 0.717) is 18.3 Å². The molecule has 0 amide bonds. The minimum Gasteiger partial charge on any atom is -0.481 e. The summed E-state index contributed by atoms with van der Waals surface area (Å²) in [5.74, 6) is 1.10. The lowest BCUT2D eigenvalue weighted by Crippen LogP contribution is -2.30. The molecule has 0 aromatic heterocycles. The second kappa shape index (κ2) is 4.38. The van der Waals surface area contributed by atoms with Crippen molar-refractivity contribution in [2.45, 2.75) is 45.4 Å². The summed E-state index contributed by atoms with van der Waals surface area (Å²) in [6.07, 6.45) is 8.88. The molecule has 0 radical (unpaired) electrons. The van der Waals surface area contributed by atoms with Crippen molar-refractivity contribution < 1.29 is 9.90 Å². The number of fused-ring (bicyclic) bond motifs is 1. The molecule has 0 bridgehead atoms.